The number of unbranched alkanes of at least 4 members (excludes halogenated alkanes) is 4. The Morgan fingerprint density at radius 3 is 2.31 bits per heavy atom. The number of aliphatic imine (C=N–C) groups is 1. The molecule has 10 nitrogen and oxygen atoms in total. The molecule has 1 aromatic rings. The standard InChI is InChI=1S/C25H40N6O4/c1-2-3-4-5-6-9-23(34)31-21(17-18-10-13-20(32)14-11-18)24(35)30-19(12-15-22(26)33)8-7-16-29-25(27)28/h10-15,19,21,32H,2-9,16-17H2,1H3,(H2,26,33)(H,30,35)(H,31,34)(H4,27,28,29)/b15-12+/t19?,21-/m0/s1. The van der Waals surface area contributed by atoms with Gasteiger partial charge < -0.3 is 32.9 Å². The molecule has 194 valence electrons. The van der Waals surface area contributed by atoms with Gasteiger partial charge in [-0.1, -0.05) is 50.8 Å². The lowest BCUT2D eigenvalue weighted by atomic mass is 10.0. The molecule has 0 spiro atoms. The van der Waals surface area contributed by atoms with E-state index in [4.69, 9.17) is 17.2 Å². The van der Waals surface area contributed by atoms with Crippen LogP contribution in [-0.2, 0) is 20.8 Å². The van der Waals surface area contributed by atoms with Crippen molar-refractivity contribution in [3.63, 3.8) is 0 Å². The van der Waals surface area contributed by atoms with E-state index in [2.05, 4.69) is 22.5 Å². The van der Waals surface area contributed by atoms with Crippen LogP contribution in [0.15, 0.2) is 41.4 Å². The third kappa shape index (κ3) is 14.3. The summed E-state index contributed by atoms with van der Waals surface area (Å²) in [6, 6.07) is 5.13. The Hall–Kier alpha value is -3.56. The molecule has 0 aliphatic heterocycles. The number of rotatable bonds is 17. The van der Waals surface area contributed by atoms with E-state index < -0.39 is 23.9 Å². The van der Waals surface area contributed by atoms with Crippen molar-refractivity contribution in [2.75, 3.05) is 6.54 Å². The molecule has 0 aliphatic carbocycles. The van der Waals surface area contributed by atoms with Crippen molar-refractivity contribution in [1.29, 1.82) is 0 Å². The quantitative estimate of drug-likeness (QED) is 0.0831. The van der Waals surface area contributed by atoms with Gasteiger partial charge in [0.2, 0.25) is 17.7 Å². The van der Waals surface area contributed by atoms with Crippen LogP contribution in [0.1, 0.15) is 63.9 Å². The van der Waals surface area contributed by atoms with Gasteiger partial charge in [-0.05, 0) is 37.0 Å². The van der Waals surface area contributed by atoms with Gasteiger partial charge in [-0.25, -0.2) is 0 Å². The van der Waals surface area contributed by atoms with Crippen LogP contribution in [0, 0.1) is 0 Å². The van der Waals surface area contributed by atoms with Crippen LogP contribution >= 0.6 is 0 Å². The van der Waals surface area contributed by atoms with E-state index in [9.17, 15) is 19.5 Å². The van der Waals surface area contributed by atoms with Crippen LogP contribution in [0.25, 0.3) is 0 Å². The number of nitrogens with two attached hydrogens (primary N) is 3. The molecule has 1 rings (SSSR count). The molecular formula is C25H40N6O4. The first-order valence-corrected chi connectivity index (χ1v) is 12.1. The summed E-state index contributed by atoms with van der Waals surface area (Å²) in [6.07, 6.45) is 9.37. The lowest BCUT2D eigenvalue weighted by Gasteiger charge is -2.22. The Kier molecular flexibility index (Phi) is 14.3. The lowest BCUT2D eigenvalue weighted by Crippen LogP contribution is -2.50. The number of nitrogens with zero attached hydrogens (tertiary/aromatic N) is 1. The van der Waals surface area contributed by atoms with Gasteiger partial charge in [-0.2, -0.15) is 0 Å². The number of phenolic OH excluding ortho intramolecular Hbond substituents is 1. The van der Waals surface area contributed by atoms with Crippen molar-refractivity contribution < 1.29 is 19.5 Å². The number of phenols is 1. The largest absolute Gasteiger partial charge is 0.508 e. The molecule has 35 heavy (non-hydrogen) atoms. The highest BCUT2D eigenvalue weighted by molar-refractivity contribution is 5.89. The number of nitrogens with one attached hydrogen (secondary N) is 2. The molecule has 1 aromatic carbocycles. The van der Waals surface area contributed by atoms with Crippen LogP contribution in [0.4, 0.5) is 0 Å². The van der Waals surface area contributed by atoms with Crippen molar-refractivity contribution in [3.05, 3.63) is 42.0 Å². The summed E-state index contributed by atoms with van der Waals surface area (Å²) < 4.78 is 0. The number of amides is 3. The summed E-state index contributed by atoms with van der Waals surface area (Å²) in [6.45, 7) is 2.50. The number of carbonyl (C=O) groups is 3. The Morgan fingerprint density at radius 2 is 1.69 bits per heavy atom. The summed E-state index contributed by atoms with van der Waals surface area (Å²) in [7, 11) is 0. The van der Waals surface area contributed by atoms with Gasteiger partial charge in [0.1, 0.15) is 11.8 Å². The van der Waals surface area contributed by atoms with Crippen molar-refractivity contribution in [1.82, 2.24) is 10.6 Å². The maximum atomic E-state index is 13.2. The molecule has 0 bridgehead atoms. The zero-order valence-electron chi connectivity index (χ0n) is 20.5. The van der Waals surface area contributed by atoms with Crippen LogP contribution in [0.2, 0.25) is 0 Å². The highest BCUT2D eigenvalue weighted by atomic mass is 16.3. The molecule has 2 atom stereocenters. The van der Waals surface area contributed by atoms with E-state index >= 15 is 0 Å². The second-order valence-corrected chi connectivity index (χ2v) is 8.48. The molecule has 9 N–H and O–H groups in total. The summed E-state index contributed by atoms with van der Waals surface area (Å²) in [5.74, 6) is -1.13. The normalized spacial score (nSPS) is 12.6. The second-order valence-electron chi connectivity index (χ2n) is 8.48. The van der Waals surface area contributed by atoms with E-state index in [-0.39, 0.29) is 24.0 Å². The average molecular weight is 489 g/mol. The molecular weight excluding hydrogens is 448 g/mol. The summed E-state index contributed by atoms with van der Waals surface area (Å²) >= 11 is 0. The molecule has 0 fully saturated rings. The van der Waals surface area contributed by atoms with E-state index in [0.29, 0.717) is 25.8 Å². The first kappa shape index (κ1) is 29.5. The third-order valence-electron chi connectivity index (χ3n) is 5.32. The van der Waals surface area contributed by atoms with Crippen LogP contribution < -0.4 is 27.8 Å². The average Bonchev–Trinajstić information content (AvgIpc) is 2.80. The van der Waals surface area contributed by atoms with Gasteiger partial charge in [0, 0.05) is 31.5 Å². The second kappa shape index (κ2) is 17.0. The fourth-order valence-electron chi connectivity index (χ4n) is 3.46. The number of aromatic hydroxyl groups is 1. The van der Waals surface area contributed by atoms with E-state index in [0.717, 1.165) is 37.7 Å². The Balaban J connectivity index is 2.87. The fraction of sp³-hybridized carbons (Fsp3) is 0.520. The van der Waals surface area contributed by atoms with Gasteiger partial charge >= 0.3 is 0 Å². The van der Waals surface area contributed by atoms with Crippen molar-refractivity contribution in [3.8, 4) is 5.75 Å². The zero-order chi connectivity index (χ0) is 26.1. The van der Waals surface area contributed by atoms with Gasteiger partial charge in [-0.15, -0.1) is 0 Å². The molecule has 0 aromatic heterocycles. The van der Waals surface area contributed by atoms with Gasteiger partial charge in [0.15, 0.2) is 5.96 Å². The monoisotopic (exact) mass is 488 g/mol. The first-order chi connectivity index (χ1) is 16.7. The predicted octanol–water partition coefficient (Wildman–Crippen LogP) is 1.36. The van der Waals surface area contributed by atoms with Gasteiger partial charge in [0.25, 0.3) is 0 Å². The molecule has 0 saturated heterocycles. The minimum Gasteiger partial charge on any atom is -0.508 e. The number of hydrogen-bond donors (Lipinski definition) is 6. The molecule has 0 saturated carbocycles. The highest BCUT2D eigenvalue weighted by Gasteiger charge is 2.23. The topological polar surface area (TPSA) is 186 Å². The Bertz CT molecular complexity index is 850. The van der Waals surface area contributed by atoms with Crippen molar-refractivity contribution >= 4 is 23.7 Å². The summed E-state index contributed by atoms with van der Waals surface area (Å²) in [5, 5.41) is 15.3. The Labute approximate surface area is 207 Å². The van der Waals surface area contributed by atoms with Crippen LogP contribution in [0.5, 0.6) is 5.75 Å². The van der Waals surface area contributed by atoms with E-state index in [1.807, 2.05) is 0 Å². The maximum absolute atomic E-state index is 13.2. The van der Waals surface area contributed by atoms with Crippen LogP contribution in [0.3, 0.4) is 0 Å². The van der Waals surface area contributed by atoms with Gasteiger partial charge in [-0.3, -0.25) is 19.4 Å². The van der Waals surface area contributed by atoms with Gasteiger partial charge in [0.05, 0.1) is 0 Å². The van der Waals surface area contributed by atoms with Crippen molar-refractivity contribution in [2.24, 2.45) is 22.2 Å². The van der Waals surface area contributed by atoms with Crippen molar-refractivity contribution in [2.45, 2.75) is 76.8 Å². The maximum Gasteiger partial charge on any atom is 0.243 e. The Morgan fingerprint density at radius 1 is 1.00 bits per heavy atom. The zero-order valence-corrected chi connectivity index (χ0v) is 20.5. The first-order valence-electron chi connectivity index (χ1n) is 12.1. The van der Waals surface area contributed by atoms with E-state index in [1.165, 1.54) is 24.3 Å². The predicted molar refractivity (Wildman–Crippen MR) is 137 cm³/mol. The minimum absolute atomic E-state index is 0.0235. The summed E-state index contributed by atoms with van der Waals surface area (Å²) in [5.41, 5.74) is 16.7. The number of primary amides is 1. The lowest BCUT2D eigenvalue weighted by molar-refractivity contribution is -0.129. The molecule has 10 heteroatoms. The fourth-order valence-corrected chi connectivity index (χ4v) is 3.46. The molecule has 0 radical (unpaired) electrons. The number of benzene rings is 1. The smallest absolute Gasteiger partial charge is 0.243 e. The molecule has 0 heterocycles. The SMILES string of the molecule is CCCCCCCC(=O)N[C@@H](Cc1ccc(O)cc1)C(=O)NC(/C=C/C(N)=O)CCCN=C(N)N. The molecule has 0 aliphatic rings. The third-order valence-corrected chi connectivity index (χ3v) is 5.32. The summed E-state index contributed by atoms with van der Waals surface area (Å²) in [4.78, 5) is 40.9. The molecule has 3 amide bonds. The van der Waals surface area contributed by atoms with Crippen LogP contribution in [-0.4, -0.2) is 47.4 Å². The molecule has 1 unspecified atom stereocenters. The van der Waals surface area contributed by atoms with E-state index in [1.54, 1.807) is 12.1 Å². The highest BCUT2D eigenvalue weighted by Crippen LogP contribution is 2.12. The minimum atomic E-state index is -0.829. The number of guanidine groups is 1. The number of carbonyl (C=O) groups excluding carboxylic acids is 3. The number of hydrogen-bond acceptors (Lipinski definition) is 5.